The van der Waals surface area contributed by atoms with E-state index in [1.165, 1.54) is 6.39 Å². The van der Waals surface area contributed by atoms with E-state index in [2.05, 4.69) is 15.1 Å². The summed E-state index contributed by atoms with van der Waals surface area (Å²) in [5.41, 5.74) is 1.84. The van der Waals surface area contributed by atoms with E-state index in [1.54, 1.807) is 0 Å². The lowest BCUT2D eigenvalue weighted by Crippen LogP contribution is -2.06. The van der Waals surface area contributed by atoms with Gasteiger partial charge in [0.2, 0.25) is 6.39 Å². The van der Waals surface area contributed by atoms with Crippen LogP contribution in [-0.4, -0.2) is 25.8 Å². The number of aromatic amines is 1. The van der Waals surface area contributed by atoms with Gasteiger partial charge in [0, 0.05) is 0 Å². The molecule has 0 bridgehead atoms. The largest absolute Gasteiger partial charge is 0.489 e. The van der Waals surface area contributed by atoms with Crippen LogP contribution in [0.2, 0.25) is 0 Å². The first-order chi connectivity index (χ1) is 9.65. The average Bonchev–Trinajstić information content (AvgIpc) is 3.00. The third-order valence-corrected chi connectivity index (χ3v) is 3.16. The minimum absolute atomic E-state index is 0.100. The van der Waals surface area contributed by atoms with Crippen LogP contribution in [0.5, 0.6) is 5.75 Å². The van der Waals surface area contributed by atoms with Crippen LogP contribution in [0.1, 0.15) is 19.7 Å². The minimum atomic E-state index is 0.100. The average molecular weight is 290 g/mol. The Morgan fingerprint density at radius 1 is 1.45 bits per heavy atom. The van der Waals surface area contributed by atoms with Crippen molar-refractivity contribution in [1.82, 2.24) is 19.7 Å². The zero-order valence-corrected chi connectivity index (χ0v) is 12.0. The molecular weight excluding hydrogens is 276 g/mol. The van der Waals surface area contributed by atoms with E-state index in [0.29, 0.717) is 17.1 Å². The Balaban J connectivity index is 2.09. The van der Waals surface area contributed by atoms with E-state index in [0.717, 1.165) is 16.8 Å². The van der Waals surface area contributed by atoms with Gasteiger partial charge in [0.25, 0.3) is 0 Å². The Kier molecular flexibility index (Phi) is 3.27. The SMILES string of the molecule is CC(C)Oc1cccc2c1[nH]c(=S)n2Cc1ncon1. The van der Waals surface area contributed by atoms with E-state index in [-0.39, 0.29) is 6.10 Å². The van der Waals surface area contributed by atoms with Crippen LogP contribution in [-0.2, 0) is 6.54 Å². The standard InChI is InChI=1S/C13H14N4O2S/c1-8(2)19-10-5-3-4-9-12(10)15-13(20)17(9)6-11-14-7-18-16-11/h3-5,7-8H,6H2,1-2H3,(H,15,20). The summed E-state index contributed by atoms with van der Waals surface area (Å²) in [4.78, 5) is 7.20. The van der Waals surface area contributed by atoms with E-state index >= 15 is 0 Å². The third-order valence-electron chi connectivity index (χ3n) is 2.84. The number of nitrogens with one attached hydrogen (secondary N) is 1. The van der Waals surface area contributed by atoms with Crippen LogP contribution in [0.4, 0.5) is 0 Å². The summed E-state index contributed by atoms with van der Waals surface area (Å²) in [7, 11) is 0. The van der Waals surface area contributed by atoms with Crippen LogP contribution in [0, 0.1) is 4.77 Å². The highest BCUT2D eigenvalue weighted by atomic mass is 32.1. The summed E-state index contributed by atoms with van der Waals surface area (Å²) in [5.74, 6) is 1.37. The van der Waals surface area contributed by atoms with Gasteiger partial charge >= 0.3 is 0 Å². The van der Waals surface area contributed by atoms with Gasteiger partial charge in [-0.05, 0) is 38.2 Å². The van der Waals surface area contributed by atoms with Gasteiger partial charge in [0.05, 0.1) is 18.2 Å². The van der Waals surface area contributed by atoms with Gasteiger partial charge in [-0.15, -0.1) is 0 Å². The summed E-state index contributed by atoms with van der Waals surface area (Å²) in [6.45, 7) is 4.44. The number of fused-ring (bicyclic) bond motifs is 1. The summed E-state index contributed by atoms with van der Waals surface area (Å²) < 4.78 is 13.1. The van der Waals surface area contributed by atoms with Crippen molar-refractivity contribution in [1.29, 1.82) is 0 Å². The molecule has 0 atom stereocenters. The van der Waals surface area contributed by atoms with E-state index < -0.39 is 0 Å². The van der Waals surface area contributed by atoms with Gasteiger partial charge in [-0.1, -0.05) is 11.2 Å². The number of hydrogen-bond acceptors (Lipinski definition) is 5. The van der Waals surface area contributed by atoms with Crippen molar-refractivity contribution in [2.24, 2.45) is 0 Å². The van der Waals surface area contributed by atoms with Crippen molar-refractivity contribution < 1.29 is 9.26 Å². The highest BCUT2D eigenvalue weighted by Crippen LogP contribution is 2.26. The monoisotopic (exact) mass is 290 g/mol. The Hall–Kier alpha value is -2.15. The fourth-order valence-corrected chi connectivity index (χ4v) is 2.33. The molecule has 0 unspecified atom stereocenters. The maximum atomic E-state index is 5.79. The molecule has 0 fully saturated rings. The lowest BCUT2D eigenvalue weighted by Gasteiger charge is -2.10. The summed E-state index contributed by atoms with van der Waals surface area (Å²) in [6, 6.07) is 5.84. The first-order valence-corrected chi connectivity index (χ1v) is 6.69. The van der Waals surface area contributed by atoms with Gasteiger partial charge in [-0.2, -0.15) is 4.98 Å². The molecule has 0 aliphatic carbocycles. The fourth-order valence-electron chi connectivity index (χ4n) is 2.07. The number of rotatable bonds is 4. The summed E-state index contributed by atoms with van der Waals surface area (Å²) in [5, 5.41) is 3.81. The van der Waals surface area contributed by atoms with E-state index in [9.17, 15) is 0 Å². The smallest absolute Gasteiger partial charge is 0.213 e. The molecule has 0 spiro atoms. The molecule has 0 amide bonds. The van der Waals surface area contributed by atoms with Crippen molar-refractivity contribution >= 4 is 23.3 Å². The molecule has 3 rings (SSSR count). The molecule has 0 saturated carbocycles. The molecule has 104 valence electrons. The number of imidazole rings is 1. The number of aromatic nitrogens is 4. The highest BCUT2D eigenvalue weighted by molar-refractivity contribution is 7.71. The van der Waals surface area contributed by atoms with Crippen molar-refractivity contribution in [3.63, 3.8) is 0 Å². The van der Waals surface area contributed by atoms with Crippen molar-refractivity contribution in [3.05, 3.63) is 35.2 Å². The van der Waals surface area contributed by atoms with Crippen LogP contribution in [0.3, 0.4) is 0 Å². The molecule has 2 heterocycles. The molecule has 7 heteroatoms. The third kappa shape index (κ3) is 2.32. The molecule has 0 saturated heterocycles. The normalized spacial score (nSPS) is 11.3. The molecule has 1 N–H and O–H groups in total. The van der Waals surface area contributed by atoms with Gasteiger partial charge in [0.1, 0.15) is 11.3 Å². The number of benzene rings is 1. The van der Waals surface area contributed by atoms with Crippen molar-refractivity contribution in [2.45, 2.75) is 26.5 Å². The van der Waals surface area contributed by atoms with Crippen molar-refractivity contribution in [3.8, 4) is 5.75 Å². The Labute approximate surface area is 120 Å². The topological polar surface area (TPSA) is 68.9 Å². The van der Waals surface area contributed by atoms with E-state index in [1.807, 2.05) is 36.6 Å². The van der Waals surface area contributed by atoms with Gasteiger partial charge in [-0.3, -0.25) is 0 Å². The van der Waals surface area contributed by atoms with E-state index in [4.69, 9.17) is 21.5 Å². The molecule has 2 aromatic heterocycles. The maximum Gasteiger partial charge on any atom is 0.213 e. The predicted octanol–water partition coefficient (Wildman–Crippen LogP) is 2.92. The lowest BCUT2D eigenvalue weighted by molar-refractivity contribution is 0.245. The van der Waals surface area contributed by atoms with Gasteiger partial charge in [-0.25, -0.2) is 0 Å². The first-order valence-electron chi connectivity index (χ1n) is 6.28. The maximum absolute atomic E-state index is 5.79. The highest BCUT2D eigenvalue weighted by Gasteiger charge is 2.12. The molecule has 0 aliphatic heterocycles. The van der Waals surface area contributed by atoms with Crippen LogP contribution >= 0.6 is 12.2 Å². The zero-order chi connectivity index (χ0) is 14.1. The second kappa shape index (κ2) is 5.09. The molecule has 3 aromatic rings. The Bertz CT molecular complexity index is 773. The molecule has 0 radical (unpaired) electrons. The Morgan fingerprint density at radius 3 is 3.00 bits per heavy atom. The van der Waals surface area contributed by atoms with Crippen molar-refractivity contribution in [2.75, 3.05) is 0 Å². The minimum Gasteiger partial charge on any atom is -0.489 e. The molecule has 20 heavy (non-hydrogen) atoms. The summed E-state index contributed by atoms with van der Waals surface area (Å²) in [6.07, 6.45) is 1.41. The fraction of sp³-hybridized carbons (Fsp3) is 0.308. The zero-order valence-electron chi connectivity index (χ0n) is 11.2. The van der Waals surface area contributed by atoms with Gasteiger partial charge in [0.15, 0.2) is 10.6 Å². The second-order valence-corrected chi connectivity index (χ2v) is 5.07. The van der Waals surface area contributed by atoms with Gasteiger partial charge < -0.3 is 18.8 Å². The molecule has 6 nitrogen and oxygen atoms in total. The van der Waals surface area contributed by atoms with Crippen LogP contribution < -0.4 is 4.74 Å². The Morgan fingerprint density at radius 2 is 2.30 bits per heavy atom. The number of para-hydroxylation sites is 1. The number of hydrogen-bond donors (Lipinski definition) is 1. The van der Waals surface area contributed by atoms with Crippen LogP contribution in [0.25, 0.3) is 11.0 Å². The summed E-state index contributed by atoms with van der Waals surface area (Å²) >= 11 is 5.36. The molecule has 1 aromatic carbocycles. The number of ether oxygens (including phenoxy) is 1. The number of nitrogens with zero attached hydrogens (tertiary/aromatic N) is 3. The quantitative estimate of drug-likeness (QED) is 0.748. The molecular formula is C13H14N4O2S. The van der Waals surface area contributed by atoms with Crippen LogP contribution in [0.15, 0.2) is 29.1 Å². The lowest BCUT2D eigenvalue weighted by atomic mass is 10.3. The first kappa shape index (κ1) is 12.9. The predicted molar refractivity (Wildman–Crippen MR) is 76.3 cm³/mol. The second-order valence-electron chi connectivity index (χ2n) is 4.68. The molecule has 0 aliphatic rings. The number of H-pyrrole nitrogens is 1.